The minimum atomic E-state index is -1.96. The Bertz CT molecular complexity index is 1330. The maximum Gasteiger partial charge on any atom is 0.231 e. The number of anilines is 1. The molecule has 2 aromatic carbocycles. The van der Waals surface area contributed by atoms with Crippen molar-refractivity contribution in [3.8, 4) is 6.07 Å². The summed E-state index contributed by atoms with van der Waals surface area (Å²) in [5.41, 5.74) is 6.51. The van der Waals surface area contributed by atoms with Crippen LogP contribution in [0, 0.1) is 11.3 Å². The molecule has 1 saturated heterocycles. The van der Waals surface area contributed by atoms with Crippen LogP contribution in [0.1, 0.15) is 16.8 Å². The lowest BCUT2D eigenvalue weighted by atomic mass is 9.93. The van der Waals surface area contributed by atoms with Crippen molar-refractivity contribution >= 4 is 11.3 Å². The Labute approximate surface area is 201 Å². The summed E-state index contributed by atoms with van der Waals surface area (Å²) < 4.78 is 35.6. The fourth-order valence-corrected chi connectivity index (χ4v) is 4.33. The van der Waals surface area contributed by atoms with Crippen LogP contribution < -0.4 is 5.73 Å². The van der Waals surface area contributed by atoms with E-state index in [0.717, 1.165) is 11.1 Å². The molecular weight excluding hydrogens is 449 g/mol. The molecule has 35 heavy (non-hydrogen) atoms. The Morgan fingerprint density at radius 3 is 2.40 bits per heavy atom. The van der Waals surface area contributed by atoms with Gasteiger partial charge in [-0.25, -0.2) is 13.9 Å². The van der Waals surface area contributed by atoms with Crippen LogP contribution in [-0.2, 0) is 33.0 Å². The number of fused-ring (bicyclic) bond motifs is 1. The lowest BCUT2D eigenvalue weighted by molar-refractivity contribution is -0.0869. The van der Waals surface area contributed by atoms with E-state index >= 15 is 4.39 Å². The third-order valence-electron chi connectivity index (χ3n) is 6.09. The second-order valence-electron chi connectivity index (χ2n) is 8.33. The normalized spacial score (nSPS) is 23.9. The van der Waals surface area contributed by atoms with Gasteiger partial charge in [0.1, 0.15) is 30.1 Å². The van der Waals surface area contributed by atoms with Crippen molar-refractivity contribution in [2.75, 3.05) is 12.3 Å². The first kappa shape index (κ1) is 22.9. The summed E-state index contributed by atoms with van der Waals surface area (Å²) in [6, 6.07) is 24.3. The molecule has 0 amide bonds. The molecule has 178 valence electrons. The summed E-state index contributed by atoms with van der Waals surface area (Å²) in [5.74, 6) is 0.215. The van der Waals surface area contributed by atoms with Gasteiger partial charge in [-0.05, 0) is 23.3 Å². The summed E-state index contributed by atoms with van der Waals surface area (Å²) in [7, 11) is 0. The summed E-state index contributed by atoms with van der Waals surface area (Å²) in [6.45, 7) is 0.523. The molecule has 0 bridgehead atoms. The predicted octanol–water partition coefficient (Wildman–Crippen LogP) is 3.57. The average molecular weight is 474 g/mol. The zero-order chi connectivity index (χ0) is 24.3. The van der Waals surface area contributed by atoms with Gasteiger partial charge in [0, 0.05) is 0 Å². The molecule has 0 spiro atoms. The van der Waals surface area contributed by atoms with Crippen LogP contribution in [-0.4, -0.2) is 39.6 Å². The predicted molar refractivity (Wildman–Crippen MR) is 126 cm³/mol. The van der Waals surface area contributed by atoms with Gasteiger partial charge in [0.05, 0.1) is 25.5 Å². The fraction of sp³-hybridized carbons (Fsp3) is 0.269. The summed E-state index contributed by atoms with van der Waals surface area (Å²) in [4.78, 5) is 3.96. The van der Waals surface area contributed by atoms with E-state index in [1.165, 1.54) is 10.8 Å². The highest BCUT2D eigenvalue weighted by Gasteiger charge is 2.60. The van der Waals surface area contributed by atoms with Gasteiger partial charge in [-0.1, -0.05) is 60.7 Å². The number of aromatic nitrogens is 3. The molecule has 0 saturated carbocycles. The van der Waals surface area contributed by atoms with Crippen molar-refractivity contribution < 1.29 is 18.6 Å². The third-order valence-corrected chi connectivity index (χ3v) is 6.09. The van der Waals surface area contributed by atoms with Crippen LogP contribution in [0.2, 0.25) is 0 Å². The Hall–Kier alpha value is -3.84. The highest BCUT2D eigenvalue weighted by atomic mass is 19.1. The fourth-order valence-electron chi connectivity index (χ4n) is 4.33. The Kier molecular flexibility index (Phi) is 6.42. The first-order valence-corrected chi connectivity index (χ1v) is 11.2. The summed E-state index contributed by atoms with van der Waals surface area (Å²) in [5, 5.41) is 14.4. The van der Waals surface area contributed by atoms with E-state index in [2.05, 4.69) is 16.2 Å². The number of nitrogens with zero attached hydrogens (tertiary/aromatic N) is 4. The van der Waals surface area contributed by atoms with E-state index in [1.807, 2.05) is 60.7 Å². The molecule has 0 aliphatic carbocycles. The number of benzene rings is 2. The van der Waals surface area contributed by atoms with Crippen molar-refractivity contribution in [2.45, 2.75) is 37.2 Å². The number of hydrogen-bond acceptors (Lipinski definition) is 7. The molecule has 4 atom stereocenters. The minimum Gasteiger partial charge on any atom is -0.382 e. The Balaban J connectivity index is 1.43. The van der Waals surface area contributed by atoms with E-state index < -0.39 is 24.0 Å². The zero-order valence-electron chi connectivity index (χ0n) is 18.8. The largest absolute Gasteiger partial charge is 0.382 e. The van der Waals surface area contributed by atoms with E-state index in [4.69, 9.17) is 19.9 Å². The van der Waals surface area contributed by atoms with Crippen LogP contribution in [0.4, 0.5) is 10.2 Å². The number of hydrogen-bond donors (Lipinski definition) is 1. The molecule has 1 fully saturated rings. The van der Waals surface area contributed by atoms with Crippen LogP contribution in [0.15, 0.2) is 79.1 Å². The number of halogens is 1. The van der Waals surface area contributed by atoms with Crippen LogP contribution >= 0.6 is 0 Å². The molecule has 5 rings (SSSR count). The molecule has 8 nitrogen and oxygen atoms in total. The van der Waals surface area contributed by atoms with Crippen molar-refractivity contribution in [1.82, 2.24) is 14.6 Å². The van der Waals surface area contributed by atoms with Crippen LogP contribution in [0.25, 0.3) is 5.52 Å². The third kappa shape index (κ3) is 4.35. The number of alkyl halides is 1. The SMILES string of the molecule is N#CC1(c2ccc3c(N)ncnn23)O[C@H](COCc2ccccc2)[C@@H](OCc2ccccc2)[C@H]1F. The molecule has 2 aromatic heterocycles. The highest BCUT2D eigenvalue weighted by Crippen LogP contribution is 2.43. The molecule has 3 heterocycles. The van der Waals surface area contributed by atoms with Crippen LogP contribution in [0.3, 0.4) is 0 Å². The van der Waals surface area contributed by atoms with Gasteiger partial charge >= 0.3 is 0 Å². The zero-order valence-corrected chi connectivity index (χ0v) is 18.8. The van der Waals surface area contributed by atoms with Gasteiger partial charge in [0.15, 0.2) is 12.0 Å². The smallest absolute Gasteiger partial charge is 0.231 e. The van der Waals surface area contributed by atoms with Gasteiger partial charge < -0.3 is 19.9 Å². The van der Waals surface area contributed by atoms with E-state index in [0.29, 0.717) is 12.1 Å². The molecule has 1 unspecified atom stereocenters. The first-order chi connectivity index (χ1) is 17.1. The van der Waals surface area contributed by atoms with E-state index in [1.54, 1.807) is 12.1 Å². The van der Waals surface area contributed by atoms with Gasteiger partial charge in [-0.3, -0.25) is 0 Å². The molecule has 2 N–H and O–H groups in total. The lowest BCUT2D eigenvalue weighted by Crippen LogP contribution is -2.39. The van der Waals surface area contributed by atoms with E-state index in [9.17, 15) is 5.26 Å². The van der Waals surface area contributed by atoms with Crippen molar-refractivity contribution in [3.05, 3.63) is 95.9 Å². The maximum atomic E-state index is 16.2. The van der Waals surface area contributed by atoms with Gasteiger partial charge in [-0.2, -0.15) is 10.4 Å². The highest BCUT2D eigenvalue weighted by molar-refractivity contribution is 5.66. The van der Waals surface area contributed by atoms with E-state index in [-0.39, 0.29) is 24.7 Å². The standard InChI is InChI=1S/C26H24FN5O3/c27-24-23(34-14-19-9-5-2-6-10-19)21(15-33-13-18-7-3-1-4-8-18)35-26(24,16-28)22-12-11-20-25(29)30-17-31-32(20)22/h1-12,17,21,23-24H,13-15H2,(H2,29,30,31)/t21-,23-,24-,26?/m1/s1. The van der Waals surface area contributed by atoms with Gasteiger partial charge in [0.25, 0.3) is 0 Å². The Morgan fingerprint density at radius 1 is 1.03 bits per heavy atom. The number of rotatable bonds is 8. The summed E-state index contributed by atoms with van der Waals surface area (Å²) in [6.07, 6.45) is -2.43. The second-order valence-corrected chi connectivity index (χ2v) is 8.33. The molecular formula is C26H24FN5O3. The number of nitriles is 1. The second kappa shape index (κ2) is 9.80. The molecule has 0 radical (unpaired) electrons. The topological polar surface area (TPSA) is 108 Å². The van der Waals surface area contributed by atoms with Gasteiger partial charge in [-0.15, -0.1) is 0 Å². The number of nitrogen functional groups attached to an aromatic ring is 1. The van der Waals surface area contributed by atoms with Crippen molar-refractivity contribution in [2.24, 2.45) is 0 Å². The quantitative estimate of drug-likeness (QED) is 0.417. The maximum absolute atomic E-state index is 16.2. The Morgan fingerprint density at radius 2 is 1.71 bits per heavy atom. The number of ether oxygens (including phenoxy) is 3. The average Bonchev–Trinajstić information content (AvgIpc) is 3.44. The molecule has 4 aromatic rings. The molecule has 1 aliphatic heterocycles. The van der Waals surface area contributed by atoms with Gasteiger partial charge in [0.2, 0.25) is 5.60 Å². The number of nitrogens with two attached hydrogens (primary N) is 1. The van der Waals surface area contributed by atoms with Crippen molar-refractivity contribution in [1.29, 1.82) is 5.26 Å². The van der Waals surface area contributed by atoms with Crippen LogP contribution in [0.5, 0.6) is 0 Å². The van der Waals surface area contributed by atoms with Crippen molar-refractivity contribution in [3.63, 3.8) is 0 Å². The first-order valence-electron chi connectivity index (χ1n) is 11.2. The molecule has 9 heteroatoms. The lowest BCUT2D eigenvalue weighted by Gasteiger charge is -2.23. The molecule has 1 aliphatic rings. The minimum absolute atomic E-state index is 0.0403. The summed E-state index contributed by atoms with van der Waals surface area (Å²) >= 11 is 0. The monoisotopic (exact) mass is 473 g/mol.